The predicted octanol–water partition coefficient (Wildman–Crippen LogP) is 16.8. The lowest BCUT2D eigenvalue weighted by atomic mass is 10.0. The number of aliphatic hydroxyl groups is 1. The van der Waals surface area contributed by atoms with E-state index in [2.05, 4.69) is 26.0 Å². The maximum atomic E-state index is 12.3. The molecule has 0 aliphatic heterocycles. The largest absolute Gasteiger partial charge is 0.462 e. The van der Waals surface area contributed by atoms with Crippen molar-refractivity contribution in [2.24, 2.45) is 0 Å². The first-order valence-electron chi connectivity index (χ1n) is 25.7. The molecule has 0 saturated heterocycles. The Morgan fingerprint density at radius 1 is 0.386 bits per heavy atom. The van der Waals surface area contributed by atoms with E-state index in [9.17, 15) is 14.7 Å². The van der Waals surface area contributed by atoms with E-state index in [0.717, 1.165) is 38.5 Å². The van der Waals surface area contributed by atoms with Crippen LogP contribution in [-0.4, -0.2) is 36.4 Å². The number of aliphatic hydroxyl groups excluding tert-OH is 1. The quantitative estimate of drug-likeness (QED) is 0.0377. The first-order chi connectivity index (χ1) is 28.1. The smallest absolute Gasteiger partial charge is 0.306 e. The molecule has 0 aromatic carbocycles. The second-order valence-corrected chi connectivity index (χ2v) is 17.6. The second kappa shape index (κ2) is 49.0. The highest BCUT2D eigenvalue weighted by atomic mass is 16.6. The van der Waals surface area contributed by atoms with Gasteiger partial charge >= 0.3 is 11.9 Å². The van der Waals surface area contributed by atoms with Crippen LogP contribution in [0.15, 0.2) is 12.2 Å². The molecule has 0 saturated carbocycles. The number of esters is 2. The molecule has 0 aliphatic rings. The summed E-state index contributed by atoms with van der Waals surface area (Å²) < 4.78 is 10.7. The maximum Gasteiger partial charge on any atom is 0.306 e. The van der Waals surface area contributed by atoms with Crippen LogP contribution in [0, 0.1) is 0 Å². The lowest BCUT2D eigenvalue weighted by Crippen LogP contribution is -2.28. The van der Waals surface area contributed by atoms with E-state index in [1.807, 2.05) is 0 Å². The SMILES string of the molecule is CCCCCCCCCCCCCCCCCCCC/C=C/CCCC(=O)OC[C@H](CO)OC(=O)CCCCCCCCCCCCCCCCCCCCCC. The molecule has 0 rings (SSSR count). The molecule has 0 fully saturated rings. The number of ether oxygens (including phenoxy) is 2. The monoisotopic (exact) mass is 805 g/mol. The van der Waals surface area contributed by atoms with Gasteiger partial charge in [0.05, 0.1) is 6.61 Å². The molecule has 1 atom stereocenters. The Labute approximate surface area is 356 Å². The third-order valence-corrected chi connectivity index (χ3v) is 11.8. The van der Waals surface area contributed by atoms with Gasteiger partial charge in [-0.05, 0) is 32.1 Å². The van der Waals surface area contributed by atoms with Crippen LogP contribution < -0.4 is 0 Å². The van der Waals surface area contributed by atoms with Gasteiger partial charge in [0, 0.05) is 12.8 Å². The minimum Gasteiger partial charge on any atom is -0.462 e. The van der Waals surface area contributed by atoms with Crippen molar-refractivity contribution in [2.75, 3.05) is 13.2 Å². The number of carbonyl (C=O) groups is 2. The van der Waals surface area contributed by atoms with Crippen LogP contribution in [-0.2, 0) is 19.1 Å². The lowest BCUT2D eigenvalue weighted by Gasteiger charge is -2.15. The molecular formula is C52H100O5. The molecule has 0 radical (unpaired) electrons. The van der Waals surface area contributed by atoms with Crippen molar-refractivity contribution in [1.29, 1.82) is 0 Å². The van der Waals surface area contributed by atoms with Gasteiger partial charge in [0.1, 0.15) is 6.61 Å². The number of hydrogen-bond donors (Lipinski definition) is 1. The summed E-state index contributed by atoms with van der Waals surface area (Å²) in [5.74, 6) is -0.608. The van der Waals surface area contributed by atoms with E-state index >= 15 is 0 Å². The van der Waals surface area contributed by atoms with Crippen LogP contribution in [0.3, 0.4) is 0 Å². The Morgan fingerprint density at radius 2 is 0.667 bits per heavy atom. The van der Waals surface area contributed by atoms with Crippen LogP contribution in [0.5, 0.6) is 0 Å². The minimum atomic E-state index is -0.777. The fourth-order valence-corrected chi connectivity index (χ4v) is 7.92. The number of hydrogen-bond acceptors (Lipinski definition) is 5. The number of rotatable bonds is 48. The molecule has 0 spiro atoms. The van der Waals surface area contributed by atoms with Gasteiger partial charge in [-0.25, -0.2) is 0 Å². The van der Waals surface area contributed by atoms with Gasteiger partial charge in [-0.2, -0.15) is 0 Å². The molecule has 0 aromatic heterocycles. The molecule has 0 heterocycles. The van der Waals surface area contributed by atoms with E-state index < -0.39 is 6.10 Å². The standard InChI is InChI=1S/C52H100O5/c1-3-5-7-9-11-13-15-17-19-21-23-25-26-27-29-30-32-34-36-38-40-42-44-46-51(54)56-49-50(48-53)57-52(55)47-45-43-41-39-37-35-33-31-28-24-22-20-18-16-14-12-10-8-6-4-2/h38,40,50,53H,3-37,39,41-49H2,1-2H3/b40-38+/t50-/m0/s1. The van der Waals surface area contributed by atoms with E-state index in [1.54, 1.807) is 0 Å². The molecule has 0 aromatic rings. The first kappa shape index (κ1) is 55.6. The van der Waals surface area contributed by atoms with Crippen molar-refractivity contribution in [3.63, 3.8) is 0 Å². The molecule has 338 valence electrons. The Kier molecular flexibility index (Phi) is 47.8. The summed E-state index contributed by atoms with van der Waals surface area (Å²) in [7, 11) is 0. The van der Waals surface area contributed by atoms with Crippen molar-refractivity contribution >= 4 is 11.9 Å². The topological polar surface area (TPSA) is 72.8 Å². The van der Waals surface area contributed by atoms with E-state index in [1.165, 1.54) is 225 Å². The van der Waals surface area contributed by atoms with Crippen LogP contribution in [0.1, 0.15) is 290 Å². The van der Waals surface area contributed by atoms with Gasteiger partial charge in [0.2, 0.25) is 0 Å². The molecule has 0 amide bonds. The second-order valence-electron chi connectivity index (χ2n) is 17.6. The van der Waals surface area contributed by atoms with Crippen LogP contribution in [0.4, 0.5) is 0 Å². The van der Waals surface area contributed by atoms with Gasteiger partial charge in [-0.1, -0.05) is 257 Å². The molecule has 5 nitrogen and oxygen atoms in total. The molecule has 0 unspecified atom stereocenters. The summed E-state index contributed by atoms with van der Waals surface area (Å²) in [5.41, 5.74) is 0. The summed E-state index contributed by atoms with van der Waals surface area (Å²) in [4.78, 5) is 24.4. The summed E-state index contributed by atoms with van der Waals surface area (Å²) in [5, 5.41) is 9.62. The number of unbranched alkanes of at least 4 members (excludes halogenated alkanes) is 38. The third-order valence-electron chi connectivity index (χ3n) is 11.8. The Balaban J connectivity index is 3.46. The fourth-order valence-electron chi connectivity index (χ4n) is 7.92. The summed E-state index contributed by atoms with van der Waals surface area (Å²) in [6, 6.07) is 0. The lowest BCUT2D eigenvalue weighted by molar-refractivity contribution is -0.161. The normalized spacial score (nSPS) is 12.1. The number of allylic oxidation sites excluding steroid dienone is 2. The molecule has 0 bridgehead atoms. The van der Waals surface area contributed by atoms with Gasteiger partial charge in [0.25, 0.3) is 0 Å². The fraction of sp³-hybridized carbons (Fsp3) is 0.923. The van der Waals surface area contributed by atoms with Gasteiger partial charge in [0.15, 0.2) is 6.10 Å². The van der Waals surface area contributed by atoms with Crippen molar-refractivity contribution in [3.05, 3.63) is 12.2 Å². The summed E-state index contributed by atoms with van der Waals surface area (Å²) in [6.45, 7) is 4.17. The van der Waals surface area contributed by atoms with Crippen molar-refractivity contribution in [1.82, 2.24) is 0 Å². The minimum absolute atomic E-state index is 0.0739. The van der Waals surface area contributed by atoms with Crippen LogP contribution in [0.2, 0.25) is 0 Å². The van der Waals surface area contributed by atoms with Crippen molar-refractivity contribution in [3.8, 4) is 0 Å². The third kappa shape index (κ3) is 47.2. The van der Waals surface area contributed by atoms with Crippen molar-refractivity contribution in [2.45, 2.75) is 296 Å². The predicted molar refractivity (Wildman–Crippen MR) is 247 cm³/mol. The highest BCUT2D eigenvalue weighted by Crippen LogP contribution is 2.17. The van der Waals surface area contributed by atoms with Crippen LogP contribution in [0.25, 0.3) is 0 Å². The van der Waals surface area contributed by atoms with Gasteiger partial charge in [-0.15, -0.1) is 0 Å². The summed E-state index contributed by atoms with van der Waals surface area (Å²) >= 11 is 0. The molecule has 5 heteroatoms. The molecule has 57 heavy (non-hydrogen) atoms. The van der Waals surface area contributed by atoms with Gasteiger partial charge in [-0.3, -0.25) is 9.59 Å². The maximum absolute atomic E-state index is 12.3. The zero-order chi connectivity index (χ0) is 41.4. The number of carbonyl (C=O) groups excluding carboxylic acids is 2. The average Bonchev–Trinajstić information content (AvgIpc) is 3.21. The molecular weight excluding hydrogens is 705 g/mol. The first-order valence-corrected chi connectivity index (χ1v) is 25.7. The van der Waals surface area contributed by atoms with Gasteiger partial charge < -0.3 is 14.6 Å². The van der Waals surface area contributed by atoms with Crippen LogP contribution >= 0.6 is 0 Å². The van der Waals surface area contributed by atoms with Crippen molar-refractivity contribution < 1.29 is 24.2 Å². The van der Waals surface area contributed by atoms with E-state index in [0.29, 0.717) is 12.8 Å². The average molecular weight is 805 g/mol. The molecule has 0 aliphatic carbocycles. The highest BCUT2D eigenvalue weighted by Gasteiger charge is 2.16. The zero-order valence-corrected chi connectivity index (χ0v) is 38.6. The van der Waals surface area contributed by atoms with E-state index in [4.69, 9.17) is 9.47 Å². The Bertz CT molecular complexity index is 825. The molecule has 1 N–H and O–H groups in total. The Morgan fingerprint density at radius 3 is 1.00 bits per heavy atom. The highest BCUT2D eigenvalue weighted by molar-refractivity contribution is 5.70. The summed E-state index contributed by atoms with van der Waals surface area (Å²) in [6.07, 6.45) is 58.9. The zero-order valence-electron chi connectivity index (χ0n) is 38.6. The van der Waals surface area contributed by atoms with E-state index in [-0.39, 0.29) is 25.2 Å². The Hall–Kier alpha value is -1.36.